The van der Waals surface area contributed by atoms with Gasteiger partial charge in [-0.15, -0.1) is 0 Å². The summed E-state index contributed by atoms with van der Waals surface area (Å²) in [6.07, 6.45) is 0. The van der Waals surface area contributed by atoms with Crippen molar-refractivity contribution in [2.24, 2.45) is 0 Å². The predicted octanol–water partition coefficient (Wildman–Crippen LogP) is 0.494. The second kappa shape index (κ2) is 9.30. The lowest BCUT2D eigenvalue weighted by Crippen LogP contribution is -2.48. The highest BCUT2D eigenvalue weighted by molar-refractivity contribution is 5.95. The molecule has 0 unspecified atom stereocenters. The monoisotopic (exact) mass is 287 g/mol. The maximum Gasteiger partial charge on any atom is 0.321 e. The molecule has 0 aromatic carbocycles. The van der Waals surface area contributed by atoms with E-state index in [4.69, 9.17) is 4.74 Å². The first-order chi connectivity index (χ1) is 9.26. The summed E-state index contributed by atoms with van der Waals surface area (Å²) < 4.78 is 4.85. The molecule has 0 saturated carbocycles. The second-order valence-corrected chi connectivity index (χ2v) is 4.98. The second-order valence-electron chi connectivity index (χ2n) is 4.98. The zero-order valence-corrected chi connectivity index (χ0v) is 12.9. The number of rotatable bonds is 7. The van der Waals surface area contributed by atoms with Gasteiger partial charge in [-0.2, -0.15) is 0 Å². The van der Waals surface area contributed by atoms with Gasteiger partial charge in [0.2, 0.25) is 5.91 Å². The van der Waals surface area contributed by atoms with Crippen molar-refractivity contribution in [3.63, 3.8) is 0 Å². The molecule has 0 radical (unpaired) electrons. The van der Waals surface area contributed by atoms with Crippen LogP contribution in [0.1, 0.15) is 34.6 Å². The maximum absolute atomic E-state index is 11.7. The van der Waals surface area contributed by atoms with Gasteiger partial charge >= 0.3 is 12.0 Å². The minimum Gasteiger partial charge on any atom is -0.465 e. The molecule has 7 nitrogen and oxygen atoms in total. The molecule has 116 valence electrons. The highest BCUT2D eigenvalue weighted by atomic mass is 16.5. The predicted molar refractivity (Wildman–Crippen MR) is 75.2 cm³/mol. The number of ether oxygens (including phenoxy) is 1. The van der Waals surface area contributed by atoms with Crippen LogP contribution in [0.3, 0.4) is 0 Å². The quantitative estimate of drug-likeness (QED) is 0.666. The molecule has 0 bridgehead atoms. The number of amides is 3. The first-order valence-electron chi connectivity index (χ1n) is 6.76. The molecule has 7 heteroatoms. The summed E-state index contributed by atoms with van der Waals surface area (Å²) in [7, 11) is 0. The van der Waals surface area contributed by atoms with E-state index in [9.17, 15) is 14.4 Å². The Bertz CT molecular complexity index is 343. The molecule has 0 rings (SSSR count). The summed E-state index contributed by atoms with van der Waals surface area (Å²) in [6.45, 7) is 9.32. The third-order valence-electron chi connectivity index (χ3n) is 2.39. The van der Waals surface area contributed by atoms with Crippen LogP contribution < -0.4 is 10.6 Å². The first kappa shape index (κ1) is 18.4. The van der Waals surface area contributed by atoms with Crippen molar-refractivity contribution in [1.29, 1.82) is 0 Å². The molecule has 3 amide bonds. The van der Waals surface area contributed by atoms with Crippen molar-refractivity contribution in [2.75, 3.05) is 19.7 Å². The van der Waals surface area contributed by atoms with Crippen molar-refractivity contribution in [3.05, 3.63) is 0 Å². The van der Waals surface area contributed by atoms with Gasteiger partial charge in [0.1, 0.15) is 0 Å². The molecule has 0 aromatic rings. The Morgan fingerprint density at radius 1 is 1.10 bits per heavy atom. The molecular formula is C13H25N3O4. The molecule has 0 fully saturated rings. The van der Waals surface area contributed by atoms with Crippen LogP contribution in [0.4, 0.5) is 4.79 Å². The van der Waals surface area contributed by atoms with E-state index in [1.807, 2.05) is 13.8 Å². The van der Waals surface area contributed by atoms with E-state index in [1.165, 1.54) is 0 Å². The Morgan fingerprint density at radius 3 is 2.15 bits per heavy atom. The normalized spacial score (nSPS) is 10.8. The molecule has 0 aliphatic carbocycles. The number of carbonyl (C=O) groups is 3. The minimum absolute atomic E-state index is 0.0154. The van der Waals surface area contributed by atoms with Gasteiger partial charge in [-0.3, -0.25) is 19.8 Å². The average molecular weight is 287 g/mol. The van der Waals surface area contributed by atoms with Gasteiger partial charge in [0.25, 0.3) is 0 Å². The molecule has 20 heavy (non-hydrogen) atoms. The number of carbonyl (C=O) groups excluding carboxylic acids is 3. The Morgan fingerprint density at radius 2 is 1.70 bits per heavy atom. The summed E-state index contributed by atoms with van der Waals surface area (Å²) in [5.74, 6) is -0.846. The lowest BCUT2D eigenvalue weighted by Gasteiger charge is -2.24. The fourth-order valence-electron chi connectivity index (χ4n) is 1.44. The van der Waals surface area contributed by atoms with E-state index >= 15 is 0 Å². The SMILES string of the molecule is CCOC(=O)CN(CC(=O)NC(=O)NC(C)C)C(C)C. The summed E-state index contributed by atoms with van der Waals surface area (Å²) in [4.78, 5) is 36.2. The Balaban J connectivity index is 4.34. The van der Waals surface area contributed by atoms with Crippen molar-refractivity contribution in [1.82, 2.24) is 15.5 Å². The number of imide groups is 1. The fourth-order valence-corrected chi connectivity index (χ4v) is 1.44. The summed E-state index contributed by atoms with van der Waals surface area (Å²) in [5.41, 5.74) is 0. The maximum atomic E-state index is 11.7. The number of hydrogen-bond acceptors (Lipinski definition) is 5. The lowest BCUT2D eigenvalue weighted by molar-refractivity contribution is -0.145. The van der Waals surface area contributed by atoms with Crippen molar-refractivity contribution >= 4 is 17.9 Å². The molecule has 0 saturated heterocycles. The van der Waals surface area contributed by atoms with E-state index in [1.54, 1.807) is 25.7 Å². The van der Waals surface area contributed by atoms with Crippen LogP contribution in [0, 0.1) is 0 Å². The van der Waals surface area contributed by atoms with Crippen LogP contribution >= 0.6 is 0 Å². The van der Waals surface area contributed by atoms with E-state index < -0.39 is 11.9 Å². The molecular weight excluding hydrogens is 262 g/mol. The third kappa shape index (κ3) is 8.47. The Labute approximate surface area is 120 Å². The van der Waals surface area contributed by atoms with E-state index in [2.05, 4.69) is 10.6 Å². The Kier molecular flexibility index (Phi) is 8.54. The summed E-state index contributed by atoms with van der Waals surface area (Å²) in [6, 6.07) is -0.605. The smallest absolute Gasteiger partial charge is 0.321 e. The molecule has 0 aromatic heterocycles. The average Bonchev–Trinajstić information content (AvgIpc) is 2.26. The zero-order chi connectivity index (χ0) is 15.7. The number of nitrogens with one attached hydrogen (secondary N) is 2. The standard InChI is InChI=1S/C13H25N3O4/c1-6-20-12(18)8-16(10(4)5)7-11(17)15-13(19)14-9(2)3/h9-10H,6-8H2,1-5H3,(H2,14,15,17,19). The van der Waals surface area contributed by atoms with Gasteiger partial charge in [-0.1, -0.05) is 0 Å². The lowest BCUT2D eigenvalue weighted by atomic mass is 10.3. The summed E-state index contributed by atoms with van der Waals surface area (Å²) >= 11 is 0. The number of urea groups is 1. The van der Waals surface area contributed by atoms with Crippen LogP contribution in [0.15, 0.2) is 0 Å². The van der Waals surface area contributed by atoms with E-state index in [-0.39, 0.29) is 31.1 Å². The first-order valence-corrected chi connectivity index (χ1v) is 6.76. The van der Waals surface area contributed by atoms with E-state index in [0.29, 0.717) is 6.61 Å². The molecule has 0 spiro atoms. The zero-order valence-electron chi connectivity index (χ0n) is 12.9. The Hall–Kier alpha value is -1.63. The molecule has 0 aliphatic heterocycles. The van der Waals surface area contributed by atoms with Gasteiger partial charge in [0.05, 0.1) is 19.7 Å². The van der Waals surface area contributed by atoms with Gasteiger partial charge in [0, 0.05) is 12.1 Å². The van der Waals surface area contributed by atoms with Crippen LogP contribution in [-0.2, 0) is 14.3 Å². The number of hydrogen-bond donors (Lipinski definition) is 2. The number of nitrogens with zero attached hydrogens (tertiary/aromatic N) is 1. The van der Waals surface area contributed by atoms with Crippen molar-refractivity contribution in [3.8, 4) is 0 Å². The van der Waals surface area contributed by atoms with Gasteiger partial charge in [-0.05, 0) is 34.6 Å². The topological polar surface area (TPSA) is 87.7 Å². The molecule has 0 aliphatic rings. The largest absolute Gasteiger partial charge is 0.465 e. The van der Waals surface area contributed by atoms with Gasteiger partial charge in [-0.25, -0.2) is 4.79 Å². The van der Waals surface area contributed by atoms with Crippen LogP contribution in [-0.4, -0.2) is 54.6 Å². The summed E-state index contributed by atoms with van der Waals surface area (Å²) in [5, 5.41) is 4.78. The number of esters is 1. The highest BCUT2D eigenvalue weighted by Gasteiger charge is 2.19. The van der Waals surface area contributed by atoms with Crippen LogP contribution in [0.5, 0.6) is 0 Å². The highest BCUT2D eigenvalue weighted by Crippen LogP contribution is 1.98. The van der Waals surface area contributed by atoms with Crippen molar-refractivity contribution in [2.45, 2.75) is 46.7 Å². The molecule has 0 heterocycles. The molecule has 0 atom stereocenters. The third-order valence-corrected chi connectivity index (χ3v) is 2.39. The molecule has 2 N–H and O–H groups in total. The van der Waals surface area contributed by atoms with Gasteiger partial charge < -0.3 is 10.1 Å². The van der Waals surface area contributed by atoms with Crippen molar-refractivity contribution < 1.29 is 19.1 Å². The fraction of sp³-hybridized carbons (Fsp3) is 0.769. The van der Waals surface area contributed by atoms with E-state index in [0.717, 1.165) is 0 Å². The van der Waals surface area contributed by atoms with Crippen LogP contribution in [0.25, 0.3) is 0 Å². The van der Waals surface area contributed by atoms with Crippen LogP contribution in [0.2, 0.25) is 0 Å². The van der Waals surface area contributed by atoms with Gasteiger partial charge in [0.15, 0.2) is 0 Å². The minimum atomic E-state index is -0.537.